The molecule has 9 heteroatoms. The van der Waals surface area contributed by atoms with Gasteiger partial charge in [-0.25, -0.2) is 8.42 Å². The number of carbonyl (C=O) groups is 2. The average molecular weight is 646 g/mol. The van der Waals surface area contributed by atoms with E-state index < -0.39 is 28.5 Å². The van der Waals surface area contributed by atoms with Crippen molar-refractivity contribution in [3.8, 4) is 0 Å². The first-order valence-corrected chi connectivity index (χ1v) is 16.8. The summed E-state index contributed by atoms with van der Waals surface area (Å²) < 4.78 is 29.4. The van der Waals surface area contributed by atoms with E-state index in [1.807, 2.05) is 62.4 Å². The Balaban J connectivity index is 1.81. The summed E-state index contributed by atoms with van der Waals surface area (Å²) in [5.41, 5.74) is 2.88. The summed E-state index contributed by atoms with van der Waals surface area (Å²) in [5, 5.41) is 3.40. The molecule has 1 unspecified atom stereocenters. The third-order valence-corrected chi connectivity index (χ3v) is 9.62. The Bertz CT molecular complexity index is 1680. The van der Waals surface area contributed by atoms with Crippen LogP contribution in [0.25, 0.3) is 0 Å². The van der Waals surface area contributed by atoms with Gasteiger partial charge in [-0.15, -0.1) is 0 Å². The van der Waals surface area contributed by atoms with Crippen LogP contribution in [0.15, 0.2) is 114 Å². The van der Waals surface area contributed by atoms with E-state index in [-0.39, 0.29) is 35.7 Å². The Hall–Kier alpha value is -4.14. The summed E-state index contributed by atoms with van der Waals surface area (Å²) in [7, 11) is -4.16. The molecule has 0 heterocycles. The number of nitrogens with one attached hydrogen (secondary N) is 1. The lowest BCUT2D eigenvalue weighted by molar-refractivity contribution is -0.140. The molecular formula is C36H40ClN3O4S. The van der Waals surface area contributed by atoms with Gasteiger partial charge >= 0.3 is 0 Å². The molecule has 4 aromatic rings. The van der Waals surface area contributed by atoms with Crippen LogP contribution >= 0.6 is 11.6 Å². The summed E-state index contributed by atoms with van der Waals surface area (Å²) >= 11 is 6.55. The van der Waals surface area contributed by atoms with E-state index in [9.17, 15) is 18.0 Å². The molecule has 0 radical (unpaired) electrons. The van der Waals surface area contributed by atoms with Gasteiger partial charge in [-0.1, -0.05) is 104 Å². The van der Waals surface area contributed by atoms with Crippen LogP contribution < -0.4 is 9.62 Å². The smallest absolute Gasteiger partial charge is 0.264 e. The third-order valence-electron chi connectivity index (χ3n) is 7.46. The van der Waals surface area contributed by atoms with Gasteiger partial charge in [0.15, 0.2) is 0 Å². The molecule has 0 bridgehead atoms. The summed E-state index contributed by atoms with van der Waals surface area (Å²) in [6.07, 6.45) is 0.226. The molecule has 0 fully saturated rings. The second-order valence-corrected chi connectivity index (χ2v) is 13.8. The van der Waals surface area contributed by atoms with Crippen molar-refractivity contribution >= 4 is 39.1 Å². The lowest BCUT2D eigenvalue weighted by Crippen LogP contribution is -2.54. The molecule has 0 saturated carbocycles. The topological polar surface area (TPSA) is 86.8 Å². The van der Waals surface area contributed by atoms with E-state index >= 15 is 0 Å². The minimum Gasteiger partial charge on any atom is -0.352 e. The highest BCUT2D eigenvalue weighted by atomic mass is 35.5. The standard InChI is InChI=1S/C36H40ClN3O4S/c1-26(2)29-19-21-31(22-20-29)40(45(43,44)32-16-9-6-10-17-32)25-35(41)39(24-30-15-11-12-18-33(30)37)34(36(42)38-27(3)4)23-28-13-7-5-8-14-28/h5-22,26-27,34H,23-25H2,1-4H3,(H,38,42). The fourth-order valence-corrected chi connectivity index (χ4v) is 6.65. The number of nitrogens with zero attached hydrogens (tertiary/aromatic N) is 2. The zero-order chi connectivity index (χ0) is 32.6. The number of halogens is 1. The molecular weight excluding hydrogens is 606 g/mol. The van der Waals surface area contributed by atoms with Gasteiger partial charge < -0.3 is 10.2 Å². The highest BCUT2D eigenvalue weighted by molar-refractivity contribution is 7.92. The number of hydrogen-bond acceptors (Lipinski definition) is 4. The fourth-order valence-electron chi connectivity index (χ4n) is 5.02. The molecule has 0 aromatic heterocycles. The van der Waals surface area contributed by atoms with Crippen molar-refractivity contribution < 1.29 is 18.0 Å². The zero-order valence-electron chi connectivity index (χ0n) is 26.1. The van der Waals surface area contributed by atoms with Crippen molar-refractivity contribution in [3.05, 3.63) is 131 Å². The van der Waals surface area contributed by atoms with Crippen LogP contribution in [-0.2, 0) is 32.6 Å². The van der Waals surface area contributed by atoms with Gasteiger partial charge in [0.05, 0.1) is 10.6 Å². The number of anilines is 1. The summed E-state index contributed by atoms with van der Waals surface area (Å²) in [4.78, 5) is 29.8. The molecule has 7 nitrogen and oxygen atoms in total. The molecule has 4 rings (SSSR count). The first-order chi connectivity index (χ1) is 21.5. The molecule has 1 N–H and O–H groups in total. The van der Waals surface area contributed by atoms with Gasteiger partial charge in [0.2, 0.25) is 11.8 Å². The molecule has 45 heavy (non-hydrogen) atoms. The summed E-state index contributed by atoms with van der Waals surface area (Å²) in [6, 6.07) is 30.6. The van der Waals surface area contributed by atoms with Crippen molar-refractivity contribution in [2.45, 2.75) is 63.6 Å². The maximum absolute atomic E-state index is 14.5. The van der Waals surface area contributed by atoms with Gasteiger partial charge in [-0.05, 0) is 66.8 Å². The predicted octanol–water partition coefficient (Wildman–Crippen LogP) is 6.82. The molecule has 2 amide bonds. The number of rotatable bonds is 13. The van der Waals surface area contributed by atoms with Crippen LogP contribution in [-0.4, -0.2) is 43.8 Å². The van der Waals surface area contributed by atoms with Crippen molar-refractivity contribution in [3.63, 3.8) is 0 Å². The highest BCUT2D eigenvalue weighted by Gasteiger charge is 2.35. The van der Waals surface area contributed by atoms with Crippen LogP contribution in [0.4, 0.5) is 5.69 Å². The molecule has 0 aliphatic rings. The first-order valence-electron chi connectivity index (χ1n) is 15.0. The van der Waals surface area contributed by atoms with Crippen LogP contribution in [0.2, 0.25) is 5.02 Å². The Morgan fingerprint density at radius 2 is 1.36 bits per heavy atom. The molecule has 0 aliphatic carbocycles. The van der Waals surface area contributed by atoms with Gasteiger partial charge in [0, 0.05) is 24.0 Å². The van der Waals surface area contributed by atoms with Crippen molar-refractivity contribution in [2.24, 2.45) is 0 Å². The van der Waals surface area contributed by atoms with E-state index in [0.717, 1.165) is 15.4 Å². The van der Waals surface area contributed by atoms with E-state index in [4.69, 9.17) is 11.6 Å². The van der Waals surface area contributed by atoms with E-state index in [1.165, 1.54) is 17.0 Å². The predicted molar refractivity (Wildman–Crippen MR) is 181 cm³/mol. The van der Waals surface area contributed by atoms with Crippen LogP contribution in [0.1, 0.15) is 50.3 Å². The maximum atomic E-state index is 14.5. The zero-order valence-corrected chi connectivity index (χ0v) is 27.6. The third kappa shape index (κ3) is 8.74. The second-order valence-electron chi connectivity index (χ2n) is 11.6. The SMILES string of the molecule is CC(C)NC(=O)C(Cc1ccccc1)N(Cc1ccccc1Cl)C(=O)CN(c1ccc(C(C)C)cc1)S(=O)(=O)c1ccccc1. The Kier molecular flexibility index (Phi) is 11.4. The fraction of sp³-hybridized carbons (Fsp3) is 0.278. The van der Waals surface area contributed by atoms with Crippen molar-refractivity contribution in [1.29, 1.82) is 0 Å². The Morgan fingerprint density at radius 3 is 1.93 bits per heavy atom. The Labute approximate surface area is 271 Å². The molecule has 0 spiro atoms. The number of hydrogen-bond donors (Lipinski definition) is 1. The normalized spacial score (nSPS) is 12.2. The quantitative estimate of drug-likeness (QED) is 0.173. The molecule has 0 aliphatic heterocycles. The van der Waals surface area contributed by atoms with Gasteiger partial charge in [-0.2, -0.15) is 0 Å². The van der Waals surface area contributed by atoms with Crippen molar-refractivity contribution in [2.75, 3.05) is 10.8 Å². The number of benzene rings is 4. The largest absolute Gasteiger partial charge is 0.352 e. The average Bonchev–Trinajstić information content (AvgIpc) is 3.02. The first kappa shape index (κ1) is 33.7. The van der Waals surface area contributed by atoms with Crippen LogP contribution in [0.3, 0.4) is 0 Å². The lowest BCUT2D eigenvalue weighted by atomic mass is 10.0. The molecule has 4 aromatic carbocycles. The van der Waals surface area contributed by atoms with Gasteiger partial charge in [0.25, 0.3) is 10.0 Å². The minimum absolute atomic E-state index is 0.00698. The number of sulfonamides is 1. The highest BCUT2D eigenvalue weighted by Crippen LogP contribution is 2.27. The monoisotopic (exact) mass is 645 g/mol. The molecule has 1 atom stereocenters. The second kappa shape index (κ2) is 15.2. The van der Waals surface area contributed by atoms with E-state index in [2.05, 4.69) is 19.2 Å². The summed E-state index contributed by atoms with van der Waals surface area (Å²) in [6.45, 7) is 7.30. The maximum Gasteiger partial charge on any atom is 0.264 e. The Morgan fingerprint density at radius 1 is 0.778 bits per heavy atom. The van der Waals surface area contributed by atoms with E-state index in [1.54, 1.807) is 48.5 Å². The van der Waals surface area contributed by atoms with Gasteiger partial charge in [0.1, 0.15) is 12.6 Å². The van der Waals surface area contributed by atoms with Crippen LogP contribution in [0, 0.1) is 0 Å². The van der Waals surface area contributed by atoms with Gasteiger partial charge in [-0.3, -0.25) is 13.9 Å². The lowest BCUT2D eigenvalue weighted by Gasteiger charge is -2.34. The molecule has 236 valence electrons. The van der Waals surface area contributed by atoms with E-state index in [0.29, 0.717) is 16.3 Å². The number of carbonyl (C=O) groups excluding carboxylic acids is 2. The number of amides is 2. The molecule has 0 saturated heterocycles. The van der Waals surface area contributed by atoms with Crippen LogP contribution in [0.5, 0.6) is 0 Å². The van der Waals surface area contributed by atoms with Crippen molar-refractivity contribution in [1.82, 2.24) is 10.2 Å². The summed E-state index contributed by atoms with van der Waals surface area (Å²) in [5.74, 6) is -0.639. The minimum atomic E-state index is -4.16.